The number of carbonyl (C=O) groups is 1. The summed E-state index contributed by atoms with van der Waals surface area (Å²) in [4.78, 5) is 12.8. The summed E-state index contributed by atoms with van der Waals surface area (Å²) in [5, 5.41) is 3.06. The van der Waals surface area contributed by atoms with Crippen LogP contribution in [-0.2, 0) is 14.8 Å². The molecule has 1 N–H and O–H groups in total. The summed E-state index contributed by atoms with van der Waals surface area (Å²) in [5.41, 5.74) is 0.928. The van der Waals surface area contributed by atoms with E-state index in [-0.39, 0.29) is 22.2 Å². The van der Waals surface area contributed by atoms with Gasteiger partial charge in [-0.05, 0) is 24.6 Å². The number of carbonyl (C=O) groups excluding carboxylic acids is 1. The molecule has 0 radical (unpaired) electrons. The van der Waals surface area contributed by atoms with Gasteiger partial charge in [0.15, 0.2) is 11.5 Å². The number of methoxy groups -OCH3 is 2. The molecule has 0 saturated carbocycles. The lowest BCUT2D eigenvalue weighted by Crippen LogP contribution is -2.41. The van der Waals surface area contributed by atoms with E-state index in [4.69, 9.17) is 30.5 Å². The van der Waals surface area contributed by atoms with Crippen LogP contribution >= 0.6 is 11.6 Å². The van der Waals surface area contributed by atoms with Gasteiger partial charge in [0, 0.05) is 12.1 Å². The van der Waals surface area contributed by atoms with Crippen molar-refractivity contribution in [2.45, 2.75) is 13.0 Å². The molecule has 2 aromatic carbocycles. The van der Waals surface area contributed by atoms with Crippen molar-refractivity contribution >= 4 is 33.2 Å². The molecular formula is C21H25ClN2O7S. The van der Waals surface area contributed by atoms with Crippen LogP contribution in [0.1, 0.15) is 18.5 Å². The van der Waals surface area contributed by atoms with Gasteiger partial charge in [-0.15, -0.1) is 0 Å². The Balaban J connectivity index is 1.82. The Morgan fingerprint density at radius 2 is 1.78 bits per heavy atom. The minimum absolute atomic E-state index is 0.137. The molecule has 11 heteroatoms. The van der Waals surface area contributed by atoms with Crippen LogP contribution in [0.2, 0.25) is 5.02 Å². The summed E-state index contributed by atoms with van der Waals surface area (Å²) in [6.45, 7) is 2.26. The van der Waals surface area contributed by atoms with E-state index in [0.29, 0.717) is 24.7 Å². The van der Waals surface area contributed by atoms with Crippen molar-refractivity contribution in [3.8, 4) is 23.0 Å². The Morgan fingerprint density at radius 3 is 2.41 bits per heavy atom. The van der Waals surface area contributed by atoms with Crippen molar-refractivity contribution in [3.63, 3.8) is 0 Å². The summed E-state index contributed by atoms with van der Waals surface area (Å²) < 4.78 is 47.5. The quantitative estimate of drug-likeness (QED) is 0.614. The third kappa shape index (κ3) is 5.31. The highest BCUT2D eigenvalue weighted by atomic mass is 35.5. The van der Waals surface area contributed by atoms with Crippen LogP contribution in [0.25, 0.3) is 0 Å². The van der Waals surface area contributed by atoms with Gasteiger partial charge in [0.2, 0.25) is 15.9 Å². The molecule has 0 saturated heterocycles. The average Bonchev–Trinajstić information content (AvgIpc) is 2.76. The number of sulfonamides is 1. The van der Waals surface area contributed by atoms with Crippen molar-refractivity contribution in [3.05, 3.63) is 40.9 Å². The van der Waals surface area contributed by atoms with Crippen LogP contribution in [0.4, 0.5) is 5.69 Å². The zero-order chi connectivity index (χ0) is 23.5. The molecule has 3 rings (SSSR count). The lowest BCUT2D eigenvalue weighted by Gasteiger charge is -2.26. The highest BCUT2D eigenvalue weighted by Gasteiger charge is 2.26. The average molecular weight is 485 g/mol. The van der Waals surface area contributed by atoms with E-state index in [1.807, 2.05) is 6.07 Å². The van der Waals surface area contributed by atoms with Gasteiger partial charge in [0.05, 0.1) is 37.2 Å². The predicted octanol–water partition coefficient (Wildman–Crippen LogP) is 2.77. The molecule has 0 bridgehead atoms. The lowest BCUT2D eigenvalue weighted by molar-refractivity contribution is -0.120. The summed E-state index contributed by atoms with van der Waals surface area (Å²) >= 11 is 6.12. The second kappa shape index (κ2) is 9.74. The topological polar surface area (TPSA) is 103 Å². The molecule has 2 aromatic rings. The Hall–Kier alpha value is -2.85. The minimum atomic E-state index is -3.84. The molecule has 9 nitrogen and oxygen atoms in total. The SMILES string of the molecule is COc1cc(N(CC(=O)N[C@@H](C)c2ccc3c(c2)OCCO3)S(C)(=O)=O)c(OC)cc1Cl. The van der Waals surface area contributed by atoms with Gasteiger partial charge in [-0.1, -0.05) is 17.7 Å². The van der Waals surface area contributed by atoms with E-state index in [1.165, 1.54) is 26.4 Å². The van der Waals surface area contributed by atoms with Crippen LogP contribution in [0.5, 0.6) is 23.0 Å². The van der Waals surface area contributed by atoms with Crippen LogP contribution < -0.4 is 28.6 Å². The summed E-state index contributed by atoms with van der Waals surface area (Å²) in [7, 11) is -1.05. The number of hydrogen-bond acceptors (Lipinski definition) is 7. The van der Waals surface area contributed by atoms with Crippen molar-refractivity contribution in [1.29, 1.82) is 0 Å². The standard InChI is InChI=1S/C21H25ClN2O7S/c1-13(14-5-6-17-20(9-14)31-8-7-30-17)23-21(25)12-24(32(4,26)27)16-11-18(28-2)15(22)10-19(16)29-3/h5-6,9-11,13H,7-8,12H2,1-4H3,(H,23,25)/t13-/m0/s1. The molecule has 32 heavy (non-hydrogen) atoms. The molecule has 1 aliphatic heterocycles. The summed E-state index contributed by atoms with van der Waals surface area (Å²) in [6.07, 6.45) is 1.01. The monoisotopic (exact) mass is 484 g/mol. The maximum Gasteiger partial charge on any atom is 0.241 e. The summed E-state index contributed by atoms with van der Waals surface area (Å²) in [6, 6.07) is 7.84. The number of benzene rings is 2. The lowest BCUT2D eigenvalue weighted by atomic mass is 10.1. The second-order valence-corrected chi connectivity index (χ2v) is 9.43. The van der Waals surface area contributed by atoms with E-state index in [2.05, 4.69) is 5.32 Å². The Labute approximate surface area is 192 Å². The Kier molecular flexibility index (Phi) is 7.25. The van der Waals surface area contributed by atoms with Gasteiger partial charge in [0.25, 0.3) is 0 Å². The third-order valence-corrected chi connectivity index (χ3v) is 6.28. The highest BCUT2D eigenvalue weighted by molar-refractivity contribution is 7.92. The number of anilines is 1. The fourth-order valence-corrected chi connectivity index (χ4v) is 4.33. The molecule has 0 unspecified atom stereocenters. The van der Waals surface area contributed by atoms with Crippen LogP contribution in [0.3, 0.4) is 0 Å². The fraction of sp³-hybridized carbons (Fsp3) is 0.381. The minimum Gasteiger partial charge on any atom is -0.495 e. The van der Waals surface area contributed by atoms with E-state index >= 15 is 0 Å². The van der Waals surface area contributed by atoms with Crippen molar-refractivity contribution in [2.24, 2.45) is 0 Å². The number of rotatable bonds is 8. The fourth-order valence-electron chi connectivity index (χ4n) is 3.25. The number of nitrogens with one attached hydrogen (secondary N) is 1. The Bertz CT molecular complexity index is 1110. The molecule has 1 amide bonds. The summed E-state index contributed by atoms with van der Waals surface area (Å²) in [5.74, 6) is 1.18. The number of hydrogen-bond donors (Lipinski definition) is 1. The predicted molar refractivity (Wildman–Crippen MR) is 121 cm³/mol. The van der Waals surface area contributed by atoms with E-state index < -0.39 is 28.5 Å². The largest absolute Gasteiger partial charge is 0.495 e. The van der Waals surface area contributed by atoms with Crippen LogP contribution in [0.15, 0.2) is 30.3 Å². The van der Waals surface area contributed by atoms with Crippen LogP contribution in [-0.4, -0.2) is 54.6 Å². The first kappa shape index (κ1) is 23.8. The first-order valence-electron chi connectivity index (χ1n) is 9.72. The molecule has 0 aromatic heterocycles. The first-order chi connectivity index (χ1) is 15.1. The van der Waals surface area contributed by atoms with E-state index in [1.54, 1.807) is 19.1 Å². The normalized spacial score (nSPS) is 13.8. The molecular weight excluding hydrogens is 460 g/mol. The number of halogens is 1. The smallest absolute Gasteiger partial charge is 0.241 e. The second-order valence-electron chi connectivity index (χ2n) is 7.12. The maximum atomic E-state index is 12.8. The number of nitrogens with zero attached hydrogens (tertiary/aromatic N) is 1. The number of amides is 1. The van der Waals surface area contributed by atoms with Gasteiger partial charge >= 0.3 is 0 Å². The zero-order valence-corrected chi connectivity index (χ0v) is 19.7. The molecule has 174 valence electrons. The maximum absolute atomic E-state index is 12.8. The van der Waals surface area contributed by atoms with Gasteiger partial charge in [-0.3, -0.25) is 9.10 Å². The van der Waals surface area contributed by atoms with Crippen molar-refractivity contribution in [1.82, 2.24) is 5.32 Å². The Morgan fingerprint density at radius 1 is 1.12 bits per heavy atom. The first-order valence-corrected chi connectivity index (χ1v) is 11.9. The number of fused-ring (bicyclic) bond motifs is 1. The van der Waals surface area contributed by atoms with Gasteiger partial charge in [-0.25, -0.2) is 8.42 Å². The van der Waals surface area contributed by atoms with Gasteiger partial charge < -0.3 is 24.3 Å². The number of ether oxygens (including phenoxy) is 4. The molecule has 0 aliphatic carbocycles. The molecule has 1 atom stereocenters. The van der Waals surface area contributed by atoms with Crippen molar-refractivity contribution < 1.29 is 32.2 Å². The van der Waals surface area contributed by atoms with E-state index in [0.717, 1.165) is 16.1 Å². The third-order valence-electron chi connectivity index (χ3n) is 4.85. The molecule has 0 fully saturated rings. The zero-order valence-electron chi connectivity index (χ0n) is 18.2. The molecule has 0 spiro atoms. The molecule has 1 aliphatic rings. The van der Waals surface area contributed by atoms with Crippen molar-refractivity contribution in [2.75, 3.05) is 44.5 Å². The van der Waals surface area contributed by atoms with Gasteiger partial charge in [-0.2, -0.15) is 0 Å². The van der Waals surface area contributed by atoms with E-state index in [9.17, 15) is 13.2 Å². The highest BCUT2D eigenvalue weighted by Crippen LogP contribution is 2.39. The van der Waals surface area contributed by atoms with Gasteiger partial charge in [0.1, 0.15) is 31.3 Å². The molecule has 1 heterocycles. The van der Waals surface area contributed by atoms with Crippen LogP contribution in [0, 0.1) is 0 Å².